The Morgan fingerprint density at radius 1 is 1.32 bits per heavy atom. The van der Waals surface area contributed by atoms with Crippen LogP contribution in [0.3, 0.4) is 0 Å². The zero-order valence-corrected chi connectivity index (χ0v) is 15.4. The third-order valence-corrected chi connectivity index (χ3v) is 4.46. The van der Waals surface area contributed by atoms with E-state index in [-0.39, 0.29) is 11.2 Å². The summed E-state index contributed by atoms with van der Waals surface area (Å²) >= 11 is 1.30. The fourth-order valence-electron chi connectivity index (χ4n) is 2.05. The van der Waals surface area contributed by atoms with Gasteiger partial charge in [0.1, 0.15) is 5.82 Å². The van der Waals surface area contributed by atoms with Gasteiger partial charge in [-0.3, -0.25) is 9.89 Å². The number of thioether (sulfide) groups is 1. The third kappa shape index (κ3) is 5.60. The molecule has 1 aromatic heterocycles. The molecule has 0 saturated heterocycles. The van der Waals surface area contributed by atoms with Crippen LogP contribution in [-0.2, 0) is 16.0 Å². The zero-order valence-electron chi connectivity index (χ0n) is 14.5. The first-order chi connectivity index (χ1) is 12.0. The monoisotopic (exact) mass is 362 g/mol. The van der Waals surface area contributed by atoms with Gasteiger partial charge in [-0.05, 0) is 37.6 Å². The van der Waals surface area contributed by atoms with E-state index in [1.165, 1.54) is 18.9 Å². The van der Waals surface area contributed by atoms with Crippen LogP contribution in [0, 0.1) is 0 Å². The van der Waals surface area contributed by atoms with Gasteiger partial charge in [0.05, 0.1) is 17.9 Å². The lowest BCUT2D eigenvalue weighted by molar-refractivity contribution is -0.115. The number of methoxy groups -OCH3 is 1. The molecule has 0 bridgehead atoms. The Kier molecular flexibility index (Phi) is 7.00. The molecule has 1 heterocycles. The second-order valence-corrected chi connectivity index (χ2v) is 6.79. The Morgan fingerprint density at radius 2 is 2.04 bits per heavy atom. The van der Waals surface area contributed by atoms with Crippen molar-refractivity contribution in [1.29, 1.82) is 0 Å². The highest BCUT2D eigenvalue weighted by Crippen LogP contribution is 2.21. The second kappa shape index (κ2) is 9.22. The first kappa shape index (κ1) is 19.0. The number of esters is 1. The molecule has 2 rings (SSSR count). The van der Waals surface area contributed by atoms with Crippen molar-refractivity contribution in [3.05, 3.63) is 35.7 Å². The first-order valence-corrected chi connectivity index (χ1v) is 8.98. The first-order valence-electron chi connectivity index (χ1n) is 8.10. The molecule has 0 radical (unpaired) electrons. The fourth-order valence-corrected chi connectivity index (χ4v) is 2.79. The summed E-state index contributed by atoms with van der Waals surface area (Å²) in [5.74, 6) is 0.274. The van der Waals surface area contributed by atoms with Crippen molar-refractivity contribution in [3.63, 3.8) is 0 Å². The molecule has 1 unspecified atom stereocenters. The Labute approximate surface area is 150 Å². The highest BCUT2D eigenvalue weighted by Gasteiger charge is 2.17. The minimum Gasteiger partial charge on any atom is -0.465 e. The summed E-state index contributed by atoms with van der Waals surface area (Å²) in [6, 6.07) is 6.54. The average Bonchev–Trinajstić information content (AvgIpc) is 3.07. The van der Waals surface area contributed by atoms with E-state index in [1.54, 1.807) is 31.2 Å². The molecule has 2 aromatic rings. The molecule has 1 aromatic carbocycles. The lowest BCUT2D eigenvalue weighted by Gasteiger charge is -2.10. The zero-order chi connectivity index (χ0) is 18.2. The van der Waals surface area contributed by atoms with Crippen molar-refractivity contribution in [2.45, 2.75) is 43.5 Å². The molecule has 0 fully saturated rings. The maximum atomic E-state index is 12.3. The summed E-state index contributed by atoms with van der Waals surface area (Å²) in [4.78, 5) is 28.1. The van der Waals surface area contributed by atoms with Gasteiger partial charge in [-0.1, -0.05) is 25.1 Å². The van der Waals surface area contributed by atoms with E-state index in [9.17, 15) is 9.59 Å². The molecule has 0 aliphatic carbocycles. The number of anilines is 1. The highest BCUT2D eigenvalue weighted by atomic mass is 32.2. The number of H-pyrrole nitrogens is 1. The van der Waals surface area contributed by atoms with Crippen molar-refractivity contribution in [3.8, 4) is 0 Å². The summed E-state index contributed by atoms with van der Waals surface area (Å²) in [5.41, 5.74) is 1.05. The number of unbranched alkanes of at least 4 members (excludes halogenated alkanes) is 1. The van der Waals surface area contributed by atoms with Gasteiger partial charge in [-0.2, -0.15) is 0 Å². The lowest BCUT2D eigenvalue weighted by atomic mass is 10.2. The van der Waals surface area contributed by atoms with Gasteiger partial charge >= 0.3 is 5.97 Å². The predicted octanol–water partition coefficient (Wildman–Crippen LogP) is 3.05. The van der Waals surface area contributed by atoms with Crippen molar-refractivity contribution in [2.24, 2.45) is 0 Å². The number of amides is 1. The minimum absolute atomic E-state index is 0.157. The lowest BCUT2D eigenvalue weighted by Crippen LogP contribution is -2.22. The molecular formula is C17H22N4O3S. The van der Waals surface area contributed by atoms with E-state index in [2.05, 4.69) is 32.2 Å². The number of carbonyl (C=O) groups excluding carboxylic acids is 2. The molecule has 2 N–H and O–H groups in total. The molecule has 0 aliphatic rings. The molecule has 7 nitrogen and oxygen atoms in total. The molecule has 0 spiro atoms. The van der Waals surface area contributed by atoms with Gasteiger partial charge in [0.15, 0.2) is 0 Å². The Balaban J connectivity index is 1.89. The van der Waals surface area contributed by atoms with Crippen LogP contribution in [0.5, 0.6) is 0 Å². The summed E-state index contributed by atoms with van der Waals surface area (Å²) in [7, 11) is 1.33. The summed E-state index contributed by atoms with van der Waals surface area (Å²) in [6.45, 7) is 3.92. The van der Waals surface area contributed by atoms with Crippen molar-refractivity contribution >= 4 is 29.3 Å². The molecular weight excluding hydrogens is 340 g/mol. The van der Waals surface area contributed by atoms with Crippen LogP contribution in [0.2, 0.25) is 0 Å². The number of aromatic amines is 1. The van der Waals surface area contributed by atoms with E-state index in [0.717, 1.165) is 25.1 Å². The van der Waals surface area contributed by atoms with Crippen LogP contribution in [0.4, 0.5) is 5.69 Å². The third-order valence-electron chi connectivity index (χ3n) is 3.50. The smallest absolute Gasteiger partial charge is 0.337 e. The van der Waals surface area contributed by atoms with E-state index in [1.807, 2.05) is 0 Å². The number of hydrogen-bond acceptors (Lipinski definition) is 6. The molecule has 0 saturated carbocycles. The van der Waals surface area contributed by atoms with E-state index < -0.39 is 5.97 Å². The van der Waals surface area contributed by atoms with E-state index in [0.29, 0.717) is 16.4 Å². The maximum Gasteiger partial charge on any atom is 0.337 e. The van der Waals surface area contributed by atoms with Crippen LogP contribution in [0.1, 0.15) is 42.9 Å². The number of aryl methyl sites for hydroxylation is 1. The average molecular weight is 362 g/mol. The second-order valence-electron chi connectivity index (χ2n) is 5.49. The van der Waals surface area contributed by atoms with Crippen molar-refractivity contribution < 1.29 is 14.3 Å². The van der Waals surface area contributed by atoms with Crippen LogP contribution >= 0.6 is 11.8 Å². The van der Waals surface area contributed by atoms with Crippen LogP contribution < -0.4 is 5.32 Å². The molecule has 1 atom stereocenters. The standard InChI is InChI=1S/C17H22N4O3S/c1-4-5-6-14-19-17(21-20-14)25-11(2)15(22)18-13-9-7-12(8-10-13)16(23)24-3/h7-11H,4-6H2,1-3H3,(H,18,22)(H,19,20,21). The number of benzene rings is 1. The number of hydrogen-bond donors (Lipinski definition) is 2. The molecule has 25 heavy (non-hydrogen) atoms. The van der Waals surface area contributed by atoms with Crippen molar-refractivity contribution in [2.75, 3.05) is 12.4 Å². The van der Waals surface area contributed by atoms with Gasteiger partial charge in [0.2, 0.25) is 11.1 Å². The number of rotatable bonds is 8. The summed E-state index contributed by atoms with van der Waals surface area (Å²) in [5, 5.41) is 10.1. The van der Waals surface area contributed by atoms with Gasteiger partial charge in [0.25, 0.3) is 0 Å². The Morgan fingerprint density at radius 3 is 2.68 bits per heavy atom. The van der Waals surface area contributed by atoms with E-state index >= 15 is 0 Å². The minimum atomic E-state index is -0.412. The maximum absolute atomic E-state index is 12.3. The number of nitrogens with one attached hydrogen (secondary N) is 2. The number of aromatic nitrogens is 3. The topological polar surface area (TPSA) is 97.0 Å². The number of ether oxygens (including phenoxy) is 1. The quantitative estimate of drug-likeness (QED) is 0.553. The summed E-state index contributed by atoms with van der Waals surface area (Å²) in [6.07, 6.45) is 3.00. The normalized spacial score (nSPS) is 11.8. The number of carbonyl (C=O) groups is 2. The predicted molar refractivity (Wildman–Crippen MR) is 96.7 cm³/mol. The number of nitrogens with zero attached hydrogens (tertiary/aromatic N) is 2. The Hall–Kier alpha value is -2.35. The SMILES string of the molecule is CCCCc1nc(SC(C)C(=O)Nc2ccc(C(=O)OC)cc2)n[nH]1. The van der Waals surface area contributed by atoms with Crippen LogP contribution in [0.25, 0.3) is 0 Å². The molecule has 134 valence electrons. The van der Waals surface area contributed by atoms with E-state index in [4.69, 9.17) is 0 Å². The Bertz CT molecular complexity index is 715. The van der Waals surface area contributed by atoms with Gasteiger partial charge < -0.3 is 10.1 Å². The molecule has 8 heteroatoms. The van der Waals surface area contributed by atoms with Crippen molar-refractivity contribution in [1.82, 2.24) is 15.2 Å². The van der Waals surface area contributed by atoms with Gasteiger partial charge in [0, 0.05) is 12.1 Å². The van der Waals surface area contributed by atoms with Gasteiger partial charge in [-0.15, -0.1) is 5.10 Å². The van der Waals surface area contributed by atoms with Crippen LogP contribution in [0.15, 0.2) is 29.4 Å². The molecule has 0 aliphatic heterocycles. The fraction of sp³-hybridized carbons (Fsp3) is 0.412. The summed E-state index contributed by atoms with van der Waals surface area (Å²) < 4.78 is 4.64. The van der Waals surface area contributed by atoms with Gasteiger partial charge in [-0.25, -0.2) is 9.78 Å². The largest absolute Gasteiger partial charge is 0.465 e. The molecule has 1 amide bonds. The van der Waals surface area contributed by atoms with Crippen LogP contribution in [-0.4, -0.2) is 39.4 Å². The highest BCUT2D eigenvalue weighted by molar-refractivity contribution is 8.00.